The number of non-ortho nitro benzene ring substituents is 1. The van der Waals surface area contributed by atoms with E-state index in [2.05, 4.69) is 20.3 Å². The number of aromatic hydroxyl groups is 1. The van der Waals surface area contributed by atoms with Gasteiger partial charge in [0.25, 0.3) is 11.6 Å². The number of nitrogens with zero attached hydrogens (tertiary/aromatic N) is 6. The van der Waals surface area contributed by atoms with Crippen LogP contribution < -0.4 is 5.01 Å². The Morgan fingerprint density at radius 1 is 1.29 bits per heavy atom. The molecule has 1 unspecified atom stereocenters. The number of fused-ring (bicyclic) bond motifs is 1. The van der Waals surface area contributed by atoms with Gasteiger partial charge in [0.05, 0.1) is 20.9 Å². The average molecular weight is 396 g/mol. The van der Waals surface area contributed by atoms with Crippen LogP contribution in [0.1, 0.15) is 6.92 Å². The Labute approximate surface area is 161 Å². The molecular weight excluding hydrogens is 384 g/mol. The molecule has 1 aliphatic heterocycles. The number of hydrogen-bond donors (Lipinski definition) is 1. The van der Waals surface area contributed by atoms with Crippen molar-refractivity contribution < 1.29 is 14.8 Å². The molecule has 140 valence electrons. The minimum absolute atomic E-state index is 0.103. The van der Waals surface area contributed by atoms with Gasteiger partial charge in [-0.1, -0.05) is 23.5 Å². The number of para-hydroxylation sites is 1. The summed E-state index contributed by atoms with van der Waals surface area (Å²) in [6, 6.07) is 9.86. The average Bonchev–Trinajstić information content (AvgIpc) is 3.22. The van der Waals surface area contributed by atoms with Gasteiger partial charge in [0.2, 0.25) is 5.13 Å². The van der Waals surface area contributed by atoms with E-state index in [1.54, 1.807) is 6.92 Å². The number of carbonyl (C=O) groups excluding carboxylic acids is 1. The highest BCUT2D eigenvalue weighted by Gasteiger charge is 2.36. The number of phenolic OH excluding ortho intramolecular Hbond substituents is 1. The van der Waals surface area contributed by atoms with Gasteiger partial charge < -0.3 is 5.11 Å². The summed E-state index contributed by atoms with van der Waals surface area (Å²) in [7, 11) is 0. The second-order valence-electron chi connectivity index (χ2n) is 5.90. The summed E-state index contributed by atoms with van der Waals surface area (Å²) in [5.41, 5.74) is 0.812. The van der Waals surface area contributed by atoms with Crippen LogP contribution in [0.25, 0.3) is 10.2 Å². The molecule has 2 heterocycles. The molecule has 1 amide bonds. The number of amides is 1. The van der Waals surface area contributed by atoms with Crippen LogP contribution in [0.3, 0.4) is 0 Å². The minimum Gasteiger partial charge on any atom is -0.506 e. The Balaban J connectivity index is 1.61. The van der Waals surface area contributed by atoms with Crippen LogP contribution >= 0.6 is 11.3 Å². The van der Waals surface area contributed by atoms with E-state index >= 15 is 0 Å². The number of anilines is 1. The molecule has 1 N–H and O–H groups in total. The summed E-state index contributed by atoms with van der Waals surface area (Å²) in [4.78, 5) is 27.4. The lowest BCUT2D eigenvalue weighted by molar-refractivity contribution is -0.384. The summed E-state index contributed by atoms with van der Waals surface area (Å²) in [6.45, 7) is 1.63. The van der Waals surface area contributed by atoms with Crippen molar-refractivity contribution in [3.05, 3.63) is 52.6 Å². The number of benzene rings is 2. The summed E-state index contributed by atoms with van der Waals surface area (Å²) >= 11 is 1.32. The van der Waals surface area contributed by atoms with Crippen LogP contribution in [0.4, 0.5) is 16.5 Å². The third kappa shape index (κ3) is 3.07. The third-order valence-electron chi connectivity index (χ3n) is 4.01. The molecular formula is C17H12N6O4S. The van der Waals surface area contributed by atoms with Crippen molar-refractivity contribution in [1.82, 2.24) is 4.98 Å². The van der Waals surface area contributed by atoms with E-state index in [-0.39, 0.29) is 17.1 Å². The minimum atomic E-state index is -0.995. The van der Waals surface area contributed by atoms with Crippen molar-refractivity contribution in [3.63, 3.8) is 0 Å². The first-order chi connectivity index (χ1) is 13.4. The summed E-state index contributed by atoms with van der Waals surface area (Å²) in [5, 5.41) is 34.3. The maximum absolute atomic E-state index is 12.7. The number of phenols is 1. The Hall–Kier alpha value is -3.73. The molecule has 1 aromatic heterocycles. The quantitative estimate of drug-likeness (QED) is 0.407. The van der Waals surface area contributed by atoms with Gasteiger partial charge in [-0.2, -0.15) is 20.3 Å². The fourth-order valence-electron chi connectivity index (χ4n) is 2.60. The zero-order valence-electron chi connectivity index (χ0n) is 14.4. The number of hydrazone groups is 1. The van der Waals surface area contributed by atoms with Gasteiger partial charge in [-0.05, 0) is 25.1 Å². The Morgan fingerprint density at radius 3 is 2.82 bits per heavy atom. The van der Waals surface area contributed by atoms with Crippen LogP contribution in [-0.2, 0) is 4.79 Å². The number of rotatable bonds is 4. The molecule has 0 fully saturated rings. The normalized spacial score (nSPS) is 16.9. The van der Waals surface area contributed by atoms with Crippen molar-refractivity contribution in [2.75, 3.05) is 5.01 Å². The van der Waals surface area contributed by atoms with Crippen LogP contribution in [0.5, 0.6) is 5.75 Å². The number of azo groups is 1. The zero-order chi connectivity index (χ0) is 19.8. The van der Waals surface area contributed by atoms with E-state index in [1.165, 1.54) is 16.3 Å². The molecule has 11 heteroatoms. The van der Waals surface area contributed by atoms with Gasteiger partial charge in [-0.25, -0.2) is 4.98 Å². The van der Waals surface area contributed by atoms with Crippen LogP contribution in [-0.4, -0.2) is 32.7 Å². The van der Waals surface area contributed by atoms with E-state index in [9.17, 15) is 20.0 Å². The summed E-state index contributed by atoms with van der Waals surface area (Å²) < 4.78 is 0.921. The molecule has 0 saturated carbocycles. The second-order valence-corrected chi connectivity index (χ2v) is 6.91. The van der Waals surface area contributed by atoms with E-state index in [1.807, 2.05) is 24.3 Å². The smallest absolute Gasteiger partial charge is 0.282 e. The molecule has 28 heavy (non-hydrogen) atoms. The van der Waals surface area contributed by atoms with Crippen molar-refractivity contribution in [2.45, 2.75) is 13.0 Å². The SMILES string of the molecule is CC1=NN(c2nc3ccccc3s2)C(=O)C1N=Nc1cc([N+](=O)[O-])ccc1O. The fourth-order valence-corrected chi connectivity index (χ4v) is 3.53. The second kappa shape index (κ2) is 6.78. The van der Waals surface area contributed by atoms with Gasteiger partial charge in [-0.15, -0.1) is 0 Å². The third-order valence-corrected chi connectivity index (χ3v) is 5.02. The molecule has 0 saturated heterocycles. The molecule has 1 atom stereocenters. The molecule has 0 aliphatic carbocycles. The van der Waals surface area contributed by atoms with Crippen LogP contribution in [0.15, 0.2) is 57.8 Å². The lowest BCUT2D eigenvalue weighted by Gasteiger charge is -2.07. The molecule has 0 bridgehead atoms. The first kappa shape index (κ1) is 17.7. The molecule has 3 aromatic rings. The van der Waals surface area contributed by atoms with Gasteiger partial charge in [0.15, 0.2) is 6.04 Å². The van der Waals surface area contributed by atoms with E-state index < -0.39 is 16.9 Å². The molecule has 2 aromatic carbocycles. The Morgan fingerprint density at radius 2 is 2.07 bits per heavy atom. The van der Waals surface area contributed by atoms with Gasteiger partial charge in [-0.3, -0.25) is 14.9 Å². The number of nitro groups is 1. The van der Waals surface area contributed by atoms with E-state index in [0.29, 0.717) is 10.8 Å². The summed E-state index contributed by atoms with van der Waals surface area (Å²) in [5.74, 6) is -0.720. The predicted octanol–water partition coefficient (Wildman–Crippen LogP) is 3.79. The highest BCUT2D eigenvalue weighted by atomic mass is 32.1. The zero-order valence-corrected chi connectivity index (χ0v) is 15.2. The number of carbonyl (C=O) groups is 1. The molecule has 1 aliphatic rings. The maximum atomic E-state index is 12.7. The summed E-state index contributed by atoms with van der Waals surface area (Å²) in [6.07, 6.45) is 0. The molecule has 10 nitrogen and oxygen atoms in total. The maximum Gasteiger partial charge on any atom is 0.282 e. The van der Waals surface area contributed by atoms with Crippen molar-refractivity contribution in [3.8, 4) is 5.75 Å². The van der Waals surface area contributed by atoms with Crippen LogP contribution in [0, 0.1) is 10.1 Å². The van der Waals surface area contributed by atoms with Crippen LogP contribution in [0.2, 0.25) is 0 Å². The van der Waals surface area contributed by atoms with E-state index in [0.717, 1.165) is 28.4 Å². The van der Waals surface area contributed by atoms with Gasteiger partial charge in [0, 0.05) is 12.1 Å². The number of aromatic nitrogens is 1. The first-order valence-electron chi connectivity index (χ1n) is 8.07. The molecule has 4 rings (SSSR count). The Bertz CT molecular complexity index is 1140. The van der Waals surface area contributed by atoms with Gasteiger partial charge >= 0.3 is 0 Å². The van der Waals surface area contributed by atoms with Crippen molar-refractivity contribution in [1.29, 1.82) is 0 Å². The monoisotopic (exact) mass is 396 g/mol. The lowest BCUT2D eigenvalue weighted by atomic mass is 10.2. The lowest BCUT2D eigenvalue weighted by Crippen LogP contribution is -2.29. The largest absolute Gasteiger partial charge is 0.506 e. The van der Waals surface area contributed by atoms with Crippen molar-refractivity contribution >= 4 is 49.7 Å². The fraction of sp³-hybridized carbons (Fsp3) is 0.118. The standard InChI is InChI=1S/C17H12N6O4S/c1-9-15(20-19-12-8-10(23(26)27)6-7-13(12)24)16(25)22(21-9)17-18-11-4-2-3-5-14(11)28-17/h2-8,15,24H,1H3. The Kier molecular flexibility index (Phi) is 4.28. The highest BCUT2D eigenvalue weighted by Crippen LogP contribution is 2.33. The predicted molar refractivity (Wildman–Crippen MR) is 103 cm³/mol. The highest BCUT2D eigenvalue weighted by molar-refractivity contribution is 7.22. The molecule has 0 spiro atoms. The first-order valence-corrected chi connectivity index (χ1v) is 8.88. The van der Waals surface area contributed by atoms with Crippen molar-refractivity contribution in [2.24, 2.45) is 15.3 Å². The van der Waals surface area contributed by atoms with Gasteiger partial charge in [0.1, 0.15) is 11.4 Å². The number of thiazole rings is 1. The topological polar surface area (TPSA) is 134 Å². The number of nitro benzene ring substituents is 1. The number of hydrogen-bond acceptors (Lipinski definition) is 9. The molecule has 0 radical (unpaired) electrons. The van der Waals surface area contributed by atoms with E-state index in [4.69, 9.17) is 0 Å².